The minimum absolute atomic E-state index is 0.131. The first-order valence-electron chi connectivity index (χ1n) is 9.03. The minimum atomic E-state index is 0.131. The first-order valence-corrected chi connectivity index (χ1v) is 9.03. The molecular weight excluding hydrogens is 288 g/mol. The predicted octanol–water partition coefficient (Wildman–Crippen LogP) is 2.94. The van der Waals surface area contributed by atoms with Gasteiger partial charge in [0, 0.05) is 31.4 Å². The van der Waals surface area contributed by atoms with Gasteiger partial charge in [-0.2, -0.15) is 5.10 Å². The number of nitrogens with zero attached hydrogens (tertiary/aromatic N) is 3. The Bertz CT molecular complexity index is 580. The third-order valence-corrected chi connectivity index (χ3v) is 5.81. The van der Waals surface area contributed by atoms with Gasteiger partial charge in [-0.3, -0.25) is 4.68 Å². The van der Waals surface area contributed by atoms with Gasteiger partial charge in [0.1, 0.15) is 0 Å². The second-order valence-electron chi connectivity index (χ2n) is 7.42. The monoisotopic (exact) mass is 318 g/mol. The normalized spacial score (nSPS) is 25.3. The molecule has 1 N–H and O–H groups in total. The van der Waals surface area contributed by atoms with Crippen LogP contribution in [0.1, 0.15) is 56.0 Å². The summed E-state index contributed by atoms with van der Waals surface area (Å²) in [5, 5.41) is 7.68. The zero-order chi connectivity index (χ0) is 16.6. The molecule has 2 amide bonds. The first kappa shape index (κ1) is 16.3. The van der Waals surface area contributed by atoms with Crippen molar-refractivity contribution in [2.75, 3.05) is 6.54 Å². The van der Waals surface area contributed by atoms with Crippen LogP contribution in [0.3, 0.4) is 0 Å². The van der Waals surface area contributed by atoms with Crippen LogP contribution < -0.4 is 5.32 Å². The highest BCUT2D eigenvalue weighted by molar-refractivity contribution is 5.75. The van der Waals surface area contributed by atoms with Crippen molar-refractivity contribution in [2.45, 2.75) is 71.4 Å². The number of hydrogen-bond donors (Lipinski definition) is 1. The first-order chi connectivity index (χ1) is 11.0. The third-order valence-electron chi connectivity index (χ3n) is 5.81. The molecule has 1 aliphatic heterocycles. The van der Waals surface area contributed by atoms with Crippen molar-refractivity contribution in [1.29, 1.82) is 0 Å². The summed E-state index contributed by atoms with van der Waals surface area (Å²) in [5.74, 6) is 0.743. The molecule has 2 aliphatic rings. The van der Waals surface area contributed by atoms with Crippen molar-refractivity contribution >= 4 is 6.03 Å². The Kier molecular flexibility index (Phi) is 4.64. The topological polar surface area (TPSA) is 50.2 Å². The summed E-state index contributed by atoms with van der Waals surface area (Å²) in [7, 11) is 1.97. The van der Waals surface area contributed by atoms with Crippen LogP contribution in [0.4, 0.5) is 4.79 Å². The average Bonchev–Trinajstić information content (AvgIpc) is 3.04. The molecule has 1 aromatic rings. The molecule has 3 atom stereocenters. The van der Waals surface area contributed by atoms with Gasteiger partial charge >= 0.3 is 6.03 Å². The van der Waals surface area contributed by atoms with E-state index in [2.05, 4.69) is 29.2 Å². The predicted molar refractivity (Wildman–Crippen MR) is 91.4 cm³/mol. The van der Waals surface area contributed by atoms with Crippen LogP contribution in [0.15, 0.2) is 0 Å². The van der Waals surface area contributed by atoms with Gasteiger partial charge < -0.3 is 10.2 Å². The molecule has 1 aromatic heterocycles. The van der Waals surface area contributed by atoms with Gasteiger partial charge in [-0.1, -0.05) is 12.8 Å². The van der Waals surface area contributed by atoms with Crippen molar-refractivity contribution in [3.8, 4) is 0 Å². The Balaban J connectivity index is 1.59. The lowest BCUT2D eigenvalue weighted by molar-refractivity contribution is 0.167. The lowest BCUT2D eigenvalue weighted by Gasteiger charge is -2.32. The Labute approximate surface area is 139 Å². The molecule has 0 bridgehead atoms. The maximum atomic E-state index is 12.7. The third kappa shape index (κ3) is 3.24. The summed E-state index contributed by atoms with van der Waals surface area (Å²) in [6.45, 7) is 7.16. The fourth-order valence-corrected chi connectivity index (χ4v) is 4.42. The molecular formula is C18H30N4O. The second kappa shape index (κ2) is 6.54. The molecule has 0 unspecified atom stereocenters. The van der Waals surface area contributed by atoms with Crippen LogP contribution in [0.25, 0.3) is 0 Å². The van der Waals surface area contributed by atoms with Crippen LogP contribution in [0, 0.1) is 19.8 Å². The smallest absolute Gasteiger partial charge is 0.317 e. The van der Waals surface area contributed by atoms with Crippen LogP contribution in [-0.4, -0.2) is 39.3 Å². The summed E-state index contributed by atoms with van der Waals surface area (Å²) in [4.78, 5) is 14.8. The molecule has 23 heavy (non-hydrogen) atoms. The quantitative estimate of drug-likeness (QED) is 0.931. The van der Waals surface area contributed by atoms with Crippen LogP contribution >= 0.6 is 0 Å². The van der Waals surface area contributed by atoms with E-state index in [0.717, 1.165) is 24.6 Å². The van der Waals surface area contributed by atoms with Crippen molar-refractivity contribution in [3.63, 3.8) is 0 Å². The number of amides is 2. The van der Waals surface area contributed by atoms with Gasteiger partial charge in [0.15, 0.2) is 0 Å². The van der Waals surface area contributed by atoms with E-state index in [1.165, 1.54) is 43.4 Å². The van der Waals surface area contributed by atoms with Crippen molar-refractivity contribution < 1.29 is 4.79 Å². The molecule has 1 saturated heterocycles. The summed E-state index contributed by atoms with van der Waals surface area (Å²) in [6.07, 6.45) is 7.14. The number of aromatic nitrogens is 2. The van der Waals surface area contributed by atoms with E-state index < -0.39 is 0 Å². The van der Waals surface area contributed by atoms with Gasteiger partial charge in [-0.15, -0.1) is 0 Å². The molecule has 2 heterocycles. The van der Waals surface area contributed by atoms with E-state index in [1.54, 1.807) is 0 Å². The summed E-state index contributed by atoms with van der Waals surface area (Å²) < 4.78 is 1.92. The number of carbonyl (C=O) groups is 1. The number of likely N-dealkylation sites (tertiary alicyclic amines) is 1. The molecule has 2 fully saturated rings. The van der Waals surface area contributed by atoms with Crippen molar-refractivity contribution in [3.05, 3.63) is 17.0 Å². The van der Waals surface area contributed by atoms with Gasteiger partial charge in [-0.25, -0.2) is 4.79 Å². The summed E-state index contributed by atoms with van der Waals surface area (Å²) in [5.41, 5.74) is 3.52. The van der Waals surface area contributed by atoms with E-state index in [4.69, 9.17) is 0 Å². The largest absolute Gasteiger partial charge is 0.335 e. The maximum absolute atomic E-state index is 12.7. The van der Waals surface area contributed by atoms with Crippen LogP contribution in [0.2, 0.25) is 0 Å². The van der Waals surface area contributed by atoms with E-state index in [9.17, 15) is 4.79 Å². The highest BCUT2D eigenvalue weighted by Gasteiger charge is 2.38. The van der Waals surface area contributed by atoms with Gasteiger partial charge in [0.25, 0.3) is 0 Å². The maximum Gasteiger partial charge on any atom is 0.317 e. The molecule has 5 heteroatoms. The van der Waals surface area contributed by atoms with E-state index >= 15 is 0 Å². The number of urea groups is 1. The van der Waals surface area contributed by atoms with Gasteiger partial charge in [0.2, 0.25) is 0 Å². The number of fused-ring (bicyclic) bond motifs is 1. The fourth-order valence-electron chi connectivity index (χ4n) is 4.42. The Hall–Kier alpha value is -1.52. The fraction of sp³-hybridized carbons (Fsp3) is 0.778. The molecule has 3 rings (SSSR count). The van der Waals surface area contributed by atoms with E-state index in [0.29, 0.717) is 6.04 Å². The van der Waals surface area contributed by atoms with Crippen molar-refractivity contribution in [1.82, 2.24) is 20.0 Å². The van der Waals surface area contributed by atoms with E-state index in [-0.39, 0.29) is 12.1 Å². The molecule has 0 spiro atoms. The number of nitrogens with one attached hydrogen (secondary N) is 1. The highest BCUT2D eigenvalue weighted by Crippen LogP contribution is 2.36. The molecule has 5 nitrogen and oxygen atoms in total. The molecule has 1 saturated carbocycles. The number of hydrogen-bond acceptors (Lipinski definition) is 2. The standard InChI is InChI=1S/C18H30N4O/c1-12(11-16-13(2)20-21(4)14(16)3)19-18(23)22-10-9-15-7-5-6-8-17(15)22/h12,15,17H,5-11H2,1-4H3,(H,19,23)/t12-,15-,17+/m0/s1. The minimum Gasteiger partial charge on any atom is -0.335 e. The zero-order valence-electron chi connectivity index (χ0n) is 14.9. The Morgan fingerprint density at radius 3 is 2.74 bits per heavy atom. The molecule has 0 aromatic carbocycles. The average molecular weight is 318 g/mol. The molecule has 128 valence electrons. The number of aryl methyl sites for hydroxylation is 2. The zero-order valence-corrected chi connectivity index (χ0v) is 14.9. The molecule has 0 radical (unpaired) electrons. The lowest BCUT2D eigenvalue weighted by atomic mass is 9.85. The summed E-state index contributed by atoms with van der Waals surface area (Å²) >= 11 is 0. The lowest BCUT2D eigenvalue weighted by Crippen LogP contribution is -2.48. The van der Waals surface area contributed by atoms with Crippen LogP contribution in [-0.2, 0) is 13.5 Å². The highest BCUT2D eigenvalue weighted by atomic mass is 16.2. The number of carbonyl (C=O) groups excluding carboxylic acids is 1. The molecule has 1 aliphatic carbocycles. The SMILES string of the molecule is Cc1nn(C)c(C)c1C[C@H](C)NC(=O)N1CC[C@@H]2CCCC[C@H]21. The van der Waals surface area contributed by atoms with Gasteiger partial charge in [0.05, 0.1) is 5.69 Å². The van der Waals surface area contributed by atoms with Gasteiger partial charge in [-0.05, 0) is 57.9 Å². The van der Waals surface area contributed by atoms with E-state index in [1.807, 2.05) is 18.7 Å². The Morgan fingerprint density at radius 1 is 1.30 bits per heavy atom. The van der Waals surface area contributed by atoms with Crippen molar-refractivity contribution in [2.24, 2.45) is 13.0 Å². The number of rotatable bonds is 3. The van der Waals surface area contributed by atoms with Crippen LogP contribution in [0.5, 0.6) is 0 Å². The summed E-state index contributed by atoms with van der Waals surface area (Å²) in [6, 6.07) is 0.746. The Morgan fingerprint density at radius 2 is 2.04 bits per heavy atom. The second-order valence-corrected chi connectivity index (χ2v) is 7.42.